The second-order valence-electron chi connectivity index (χ2n) is 4.64. The first-order valence-corrected chi connectivity index (χ1v) is 5.47. The highest BCUT2D eigenvalue weighted by atomic mass is 15.1. The Labute approximate surface area is 85.3 Å². The lowest BCUT2D eigenvalue weighted by molar-refractivity contribution is 0.167. The van der Waals surface area contributed by atoms with Crippen LogP contribution in [0.15, 0.2) is 12.3 Å². The fourth-order valence-electron chi connectivity index (χ4n) is 2.01. The molecule has 0 unspecified atom stereocenters. The topological polar surface area (TPSA) is 40.7 Å². The minimum atomic E-state index is 0.727. The summed E-state index contributed by atoms with van der Waals surface area (Å²) in [5.74, 6) is 1.79. The van der Waals surface area contributed by atoms with E-state index in [4.69, 9.17) is 0 Å². The number of aromatic nitrogens is 2. The van der Waals surface area contributed by atoms with Crippen molar-refractivity contribution in [3.8, 4) is 0 Å². The third kappa shape index (κ3) is 2.15. The Hall–Kier alpha value is -0.830. The Kier molecular flexibility index (Phi) is 2.87. The Morgan fingerprint density at radius 2 is 2.36 bits per heavy atom. The molecule has 1 aliphatic rings. The van der Waals surface area contributed by atoms with Crippen molar-refractivity contribution < 1.29 is 0 Å². The molecule has 0 aliphatic heterocycles. The van der Waals surface area contributed by atoms with E-state index in [1.54, 1.807) is 6.20 Å². The molecule has 0 bridgehead atoms. The standard InChI is InChI=1S/C11H19N3/c1-8(2)9-5-11(6-9)12-7-10-3-4-13-14-10/h3-4,8-9,11-12H,5-7H2,1-2H3,(H,13,14). The van der Waals surface area contributed by atoms with E-state index in [-0.39, 0.29) is 0 Å². The molecule has 1 saturated carbocycles. The van der Waals surface area contributed by atoms with Crippen LogP contribution in [0, 0.1) is 11.8 Å². The van der Waals surface area contributed by atoms with Crippen molar-refractivity contribution >= 4 is 0 Å². The molecule has 3 heteroatoms. The maximum atomic E-state index is 3.92. The summed E-state index contributed by atoms with van der Waals surface area (Å²) in [7, 11) is 0. The Morgan fingerprint density at radius 3 is 2.93 bits per heavy atom. The summed E-state index contributed by atoms with van der Waals surface area (Å²) >= 11 is 0. The van der Waals surface area contributed by atoms with Crippen molar-refractivity contribution in [2.45, 2.75) is 39.3 Å². The van der Waals surface area contributed by atoms with Crippen molar-refractivity contribution in [1.82, 2.24) is 15.5 Å². The molecular weight excluding hydrogens is 174 g/mol. The summed E-state index contributed by atoms with van der Waals surface area (Å²) < 4.78 is 0. The van der Waals surface area contributed by atoms with Gasteiger partial charge in [0.2, 0.25) is 0 Å². The van der Waals surface area contributed by atoms with Gasteiger partial charge >= 0.3 is 0 Å². The number of nitrogens with zero attached hydrogens (tertiary/aromatic N) is 1. The van der Waals surface area contributed by atoms with Crippen molar-refractivity contribution in [3.05, 3.63) is 18.0 Å². The van der Waals surface area contributed by atoms with E-state index in [2.05, 4.69) is 29.4 Å². The zero-order valence-corrected chi connectivity index (χ0v) is 8.96. The van der Waals surface area contributed by atoms with Crippen LogP contribution < -0.4 is 5.32 Å². The van der Waals surface area contributed by atoms with Gasteiger partial charge in [0.15, 0.2) is 0 Å². The molecule has 0 saturated heterocycles. The van der Waals surface area contributed by atoms with E-state index < -0.39 is 0 Å². The zero-order chi connectivity index (χ0) is 9.97. The van der Waals surface area contributed by atoms with Gasteiger partial charge in [-0.05, 0) is 30.7 Å². The van der Waals surface area contributed by atoms with Crippen molar-refractivity contribution in [2.24, 2.45) is 11.8 Å². The van der Waals surface area contributed by atoms with Crippen LogP contribution >= 0.6 is 0 Å². The first kappa shape index (κ1) is 9.71. The zero-order valence-electron chi connectivity index (χ0n) is 8.96. The molecule has 14 heavy (non-hydrogen) atoms. The smallest absolute Gasteiger partial charge is 0.0490 e. The van der Waals surface area contributed by atoms with Gasteiger partial charge in [-0.25, -0.2) is 0 Å². The van der Waals surface area contributed by atoms with Crippen LogP contribution in [-0.4, -0.2) is 16.2 Å². The SMILES string of the molecule is CC(C)C1CC(NCc2ccn[nH]2)C1. The third-order valence-corrected chi connectivity index (χ3v) is 3.26. The van der Waals surface area contributed by atoms with Gasteiger partial charge in [-0.15, -0.1) is 0 Å². The largest absolute Gasteiger partial charge is 0.308 e. The summed E-state index contributed by atoms with van der Waals surface area (Å²) in [6.45, 7) is 5.56. The molecule has 0 aromatic carbocycles. The van der Waals surface area contributed by atoms with Crippen molar-refractivity contribution in [2.75, 3.05) is 0 Å². The number of aromatic amines is 1. The van der Waals surface area contributed by atoms with Crippen LogP contribution in [0.3, 0.4) is 0 Å². The van der Waals surface area contributed by atoms with Crippen LogP contribution in [0.25, 0.3) is 0 Å². The highest BCUT2D eigenvalue weighted by Crippen LogP contribution is 2.33. The third-order valence-electron chi connectivity index (χ3n) is 3.26. The molecule has 1 aromatic heterocycles. The molecule has 2 rings (SSSR count). The lowest BCUT2D eigenvalue weighted by Crippen LogP contribution is -2.42. The van der Waals surface area contributed by atoms with Gasteiger partial charge in [-0.1, -0.05) is 13.8 Å². The number of hydrogen-bond donors (Lipinski definition) is 2. The summed E-state index contributed by atoms with van der Waals surface area (Å²) in [5, 5.41) is 10.4. The number of hydrogen-bond acceptors (Lipinski definition) is 2. The van der Waals surface area contributed by atoms with Gasteiger partial charge in [0.05, 0.1) is 0 Å². The van der Waals surface area contributed by atoms with E-state index in [9.17, 15) is 0 Å². The lowest BCUT2D eigenvalue weighted by atomic mass is 9.74. The summed E-state index contributed by atoms with van der Waals surface area (Å²) in [5.41, 5.74) is 1.18. The molecule has 78 valence electrons. The maximum absolute atomic E-state index is 3.92. The Balaban J connectivity index is 1.65. The van der Waals surface area contributed by atoms with Crippen LogP contribution in [0.2, 0.25) is 0 Å². The quantitative estimate of drug-likeness (QED) is 0.767. The van der Waals surface area contributed by atoms with E-state index in [1.165, 1.54) is 18.5 Å². The lowest BCUT2D eigenvalue weighted by Gasteiger charge is -2.38. The second-order valence-corrected chi connectivity index (χ2v) is 4.64. The van der Waals surface area contributed by atoms with E-state index in [0.29, 0.717) is 0 Å². The fraction of sp³-hybridized carbons (Fsp3) is 0.727. The number of H-pyrrole nitrogens is 1. The average Bonchev–Trinajstić information content (AvgIpc) is 2.52. The number of nitrogens with one attached hydrogen (secondary N) is 2. The van der Waals surface area contributed by atoms with Gasteiger partial charge in [-0.2, -0.15) is 5.10 Å². The van der Waals surface area contributed by atoms with Crippen LogP contribution in [0.1, 0.15) is 32.4 Å². The molecule has 0 atom stereocenters. The normalized spacial score (nSPS) is 26.5. The van der Waals surface area contributed by atoms with Gasteiger partial charge in [0.25, 0.3) is 0 Å². The predicted octanol–water partition coefficient (Wildman–Crippen LogP) is 1.93. The van der Waals surface area contributed by atoms with Crippen LogP contribution in [0.5, 0.6) is 0 Å². The maximum Gasteiger partial charge on any atom is 0.0490 e. The monoisotopic (exact) mass is 193 g/mol. The molecule has 1 fully saturated rings. The predicted molar refractivity (Wildman–Crippen MR) is 56.8 cm³/mol. The molecule has 2 N–H and O–H groups in total. The summed E-state index contributed by atoms with van der Waals surface area (Å²) in [6.07, 6.45) is 4.48. The van der Waals surface area contributed by atoms with E-state index >= 15 is 0 Å². The number of rotatable bonds is 4. The van der Waals surface area contributed by atoms with Crippen molar-refractivity contribution in [1.29, 1.82) is 0 Å². The second kappa shape index (κ2) is 4.13. The minimum Gasteiger partial charge on any atom is -0.308 e. The fourth-order valence-corrected chi connectivity index (χ4v) is 2.01. The van der Waals surface area contributed by atoms with Gasteiger partial charge in [0, 0.05) is 24.5 Å². The van der Waals surface area contributed by atoms with Gasteiger partial charge in [-0.3, -0.25) is 5.10 Å². The van der Waals surface area contributed by atoms with Gasteiger partial charge < -0.3 is 5.32 Å². The summed E-state index contributed by atoms with van der Waals surface area (Å²) in [4.78, 5) is 0. The molecule has 3 nitrogen and oxygen atoms in total. The molecule has 1 aromatic rings. The highest BCUT2D eigenvalue weighted by molar-refractivity contribution is 4.98. The molecule has 0 amide bonds. The average molecular weight is 193 g/mol. The van der Waals surface area contributed by atoms with Crippen LogP contribution in [0.4, 0.5) is 0 Å². The first-order chi connectivity index (χ1) is 6.75. The molecular formula is C11H19N3. The Morgan fingerprint density at radius 1 is 1.57 bits per heavy atom. The Bertz CT molecular complexity index is 260. The van der Waals surface area contributed by atoms with Crippen molar-refractivity contribution in [3.63, 3.8) is 0 Å². The van der Waals surface area contributed by atoms with Gasteiger partial charge in [0.1, 0.15) is 0 Å². The highest BCUT2D eigenvalue weighted by Gasteiger charge is 2.30. The summed E-state index contributed by atoms with van der Waals surface area (Å²) in [6, 6.07) is 2.75. The minimum absolute atomic E-state index is 0.727. The molecule has 1 aliphatic carbocycles. The van der Waals surface area contributed by atoms with Crippen LogP contribution in [-0.2, 0) is 6.54 Å². The van der Waals surface area contributed by atoms with E-state index in [1.807, 2.05) is 6.07 Å². The first-order valence-electron chi connectivity index (χ1n) is 5.47. The molecule has 0 spiro atoms. The molecule has 1 heterocycles. The molecule has 0 radical (unpaired) electrons. The van der Waals surface area contributed by atoms with E-state index in [0.717, 1.165) is 24.4 Å².